The third-order valence-corrected chi connectivity index (χ3v) is 3.91. The van der Waals surface area contributed by atoms with Crippen LogP contribution in [0.25, 0.3) is 11.0 Å². The number of aryl methyl sites for hydroxylation is 1. The zero-order valence-corrected chi connectivity index (χ0v) is 14.0. The Hall–Kier alpha value is -1.97. The highest BCUT2D eigenvalue weighted by Crippen LogP contribution is 2.26. The van der Waals surface area contributed by atoms with Crippen molar-refractivity contribution in [2.45, 2.75) is 37.9 Å². The second-order valence-electron chi connectivity index (χ2n) is 5.60. The Morgan fingerprint density at radius 2 is 1.96 bits per heavy atom. The third kappa shape index (κ3) is 4.36. The number of ether oxygens (including phenoxy) is 2. The van der Waals surface area contributed by atoms with Gasteiger partial charge in [-0.15, -0.1) is 0 Å². The molecule has 0 aliphatic carbocycles. The normalized spacial score (nSPS) is 26.0. The highest BCUT2D eigenvalue weighted by atomic mass is 16.7. The summed E-state index contributed by atoms with van der Waals surface area (Å²) in [5.74, 6) is 0.400. The van der Waals surface area contributed by atoms with E-state index in [4.69, 9.17) is 24.1 Å². The molecule has 0 bridgehead atoms. The summed E-state index contributed by atoms with van der Waals surface area (Å²) >= 11 is 0. The predicted octanol–water partition coefficient (Wildman–Crippen LogP) is -0.0822. The minimum Gasteiger partial charge on any atom is -0.465 e. The fraction of sp³-hybridized carbons (Fsp3) is 0.471. The monoisotopic (exact) mass is 354 g/mol. The molecule has 1 aromatic heterocycles. The van der Waals surface area contributed by atoms with Gasteiger partial charge in [-0.05, 0) is 24.6 Å². The fourth-order valence-corrected chi connectivity index (χ4v) is 2.67. The van der Waals surface area contributed by atoms with Crippen LogP contribution < -0.4 is 10.4 Å². The molecule has 1 aromatic carbocycles. The van der Waals surface area contributed by atoms with Crippen LogP contribution in [0.15, 0.2) is 33.5 Å². The van der Waals surface area contributed by atoms with Crippen LogP contribution >= 0.6 is 0 Å². The van der Waals surface area contributed by atoms with Crippen molar-refractivity contribution in [1.82, 2.24) is 0 Å². The third-order valence-electron chi connectivity index (χ3n) is 3.91. The first-order valence-corrected chi connectivity index (χ1v) is 7.76. The topological polar surface area (TPSA) is 130 Å². The van der Waals surface area contributed by atoms with Crippen molar-refractivity contribution in [3.05, 3.63) is 40.2 Å². The van der Waals surface area contributed by atoms with Crippen LogP contribution in [0.5, 0.6) is 5.75 Å². The second kappa shape index (κ2) is 8.41. The summed E-state index contributed by atoms with van der Waals surface area (Å²) in [7, 11) is 1.00. The predicted molar refractivity (Wildman–Crippen MR) is 88.4 cm³/mol. The van der Waals surface area contributed by atoms with Crippen LogP contribution in [0, 0.1) is 6.92 Å². The van der Waals surface area contributed by atoms with Crippen LogP contribution in [0.2, 0.25) is 0 Å². The lowest BCUT2D eigenvalue weighted by molar-refractivity contribution is -0.229. The van der Waals surface area contributed by atoms with E-state index < -0.39 is 36.8 Å². The summed E-state index contributed by atoms with van der Waals surface area (Å²) < 4.78 is 16.2. The number of aliphatic hydroxyl groups excluding tert-OH is 4. The molecule has 2 heterocycles. The molecule has 1 aliphatic rings. The van der Waals surface area contributed by atoms with Crippen molar-refractivity contribution < 1.29 is 34.3 Å². The van der Waals surface area contributed by atoms with E-state index in [0.29, 0.717) is 11.3 Å². The molecule has 1 fully saturated rings. The van der Waals surface area contributed by atoms with Crippen molar-refractivity contribution >= 4 is 11.0 Å². The number of hydrogen-bond donors (Lipinski definition) is 4. The van der Waals surface area contributed by atoms with Crippen LogP contribution in [0.1, 0.15) is 12.0 Å². The van der Waals surface area contributed by atoms with Gasteiger partial charge in [0.2, 0.25) is 6.29 Å². The molecule has 25 heavy (non-hydrogen) atoms. The smallest absolute Gasteiger partial charge is 0.336 e. The molecule has 1 aliphatic heterocycles. The summed E-state index contributed by atoms with van der Waals surface area (Å²) in [5, 5.41) is 36.4. The lowest BCUT2D eigenvalue weighted by atomic mass is 10.0. The van der Waals surface area contributed by atoms with Gasteiger partial charge in [-0.25, -0.2) is 4.79 Å². The molecule has 2 unspecified atom stereocenters. The van der Waals surface area contributed by atoms with Crippen molar-refractivity contribution in [3.8, 4) is 5.75 Å². The first-order chi connectivity index (χ1) is 12.0. The highest BCUT2D eigenvalue weighted by Gasteiger charge is 2.37. The molecule has 138 valence electrons. The number of hydrogen-bond acceptors (Lipinski definition) is 8. The molecule has 0 radical (unpaired) electrons. The van der Waals surface area contributed by atoms with Gasteiger partial charge in [-0.3, -0.25) is 0 Å². The van der Waals surface area contributed by atoms with E-state index in [9.17, 15) is 15.0 Å². The molecule has 0 spiro atoms. The zero-order valence-electron chi connectivity index (χ0n) is 14.0. The SMILES string of the molecule is CO.Cc1cc(=O)oc2cc(O[C@@H]3CC(O)[C@H](O)C(CO)O3)ccc12. The van der Waals surface area contributed by atoms with Gasteiger partial charge < -0.3 is 34.3 Å². The van der Waals surface area contributed by atoms with Crippen molar-refractivity contribution in [3.63, 3.8) is 0 Å². The molecule has 3 rings (SSSR count). The van der Waals surface area contributed by atoms with Gasteiger partial charge in [-0.2, -0.15) is 0 Å². The van der Waals surface area contributed by atoms with E-state index >= 15 is 0 Å². The van der Waals surface area contributed by atoms with Gasteiger partial charge in [0.1, 0.15) is 23.5 Å². The van der Waals surface area contributed by atoms with Gasteiger partial charge in [0, 0.05) is 31.0 Å². The summed E-state index contributed by atoms with van der Waals surface area (Å²) in [6.45, 7) is 1.39. The summed E-state index contributed by atoms with van der Waals surface area (Å²) in [5.41, 5.74) is 0.748. The average Bonchev–Trinajstić information content (AvgIpc) is 2.59. The Labute approximate surface area is 143 Å². The number of rotatable bonds is 3. The van der Waals surface area contributed by atoms with Crippen molar-refractivity contribution in [1.29, 1.82) is 0 Å². The van der Waals surface area contributed by atoms with E-state index in [-0.39, 0.29) is 6.42 Å². The largest absolute Gasteiger partial charge is 0.465 e. The van der Waals surface area contributed by atoms with E-state index in [2.05, 4.69) is 0 Å². The Bertz CT molecular complexity index is 756. The van der Waals surface area contributed by atoms with Gasteiger partial charge in [0.05, 0.1) is 12.7 Å². The molecule has 2 aromatic rings. The minimum absolute atomic E-state index is 0.0630. The second-order valence-corrected chi connectivity index (χ2v) is 5.60. The molecule has 4 N–H and O–H groups in total. The quantitative estimate of drug-likeness (QED) is 0.563. The molecule has 4 atom stereocenters. The summed E-state index contributed by atoms with van der Waals surface area (Å²) in [6, 6.07) is 6.44. The zero-order chi connectivity index (χ0) is 18.6. The van der Waals surface area contributed by atoms with E-state index in [1.165, 1.54) is 6.07 Å². The van der Waals surface area contributed by atoms with Gasteiger partial charge in [-0.1, -0.05) is 0 Å². The number of aliphatic hydroxyl groups is 4. The first kappa shape index (κ1) is 19.4. The van der Waals surface area contributed by atoms with Gasteiger partial charge in [0.15, 0.2) is 0 Å². The molecule has 0 saturated carbocycles. The molecular weight excluding hydrogens is 332 g/mol. The minimum atomic E-state index is -1.16. The van der Waals surface area contributed by atoms with Gasteiger partial charge in [0.25, 0.3) is 0 Å². The van der Waals surface area contributed by atoms with Crippen LogP contribution in [-0.2, 0) is 4.74 Å². The fourth-order valence-electron chi connectivity index (χ4n) is 2.67. The van der Waals surface area contributed by atoms with Crippen molar-refractivity contribution in [2.75, 3.05) is 13.7 Å². The Balaban J connectivity index is 0.00000109. The summed E-state index contributed by atoms with van der Waals surface area (Å²) in [6.07, 6.45) is -3.87. The van der Waals surface area contributed by atoms with Crippen LogP contribution in [0.3, 0.4) is 0 Å². The molecule has 8 nitrogen and oxygen atoms in total. The lowest BCUT2D eigenvalue weighted by Gasteiger charge is -2.36. The van der Waals surface area contributed by atoms with Crippen LogP contribution in [-0.4, -0.2) is 58.7 Å². The van der Waals surface area contributed by atoms with Crippen molar-refractivity contribution in [2.24, 2.45) is 0 Å². The maximum absolute atomic E-state index is 11.4. The first-order valence-electron chi connectivity index (χ1n) is 7.76. The highest BCUT2D eigenvalue weighted by molar-refractivity contribution is 5.81. The lowest BCUT2D eigenvalue weighted by Crippen LogP contribution is -2.51. The summed E-state index contributed by atoms with van der Waals surface area (Å²) in [4.78, 5) is 11.4. The van der Waals surface area contributed by atoms with E-state index in [1.807, 2.05) is 6.92 Å². The maximum Gasteiger partial charge on any atom is 0.336 e. The van der Waals surface area contributed by atoms with E-state index in [0.717, 1.165) is 18.1 Å². The molecule has 0 amide bonds. The Kier molecular flexibility index (Phi) is 6.51. The van der Waals surface area contributed by atoms with Crippen LogP contribution in [0.4, 0.5) is 0 Å². The van der Waals surface area contributed by atoms with Gasteiger partial charge >= 0.3 is 5.63 Å². The standard InChI is InChI=1S/C16H18O7.CH4O/c1-8-4-14(19)22-12-5-9(2-3-10(8)12)21-15-6-11(18)16(20)13(7-17)23-15;1-2/h2-5,11,13,15-18,20H,6-7H2,1H3;2H,1H3/t11?,13?,15-,16-;/m0./s1. The number of fused-ring (bicyclic) bond motifs is 1. The molecular formula is C17H22O8. The molecule has 8 heteroatoms. The Morgan fingerprint density at radius 3 is 2.64 bits per heavy atom. The Morgan fingerprint density at radius 1 is 1.24 bits per heavy atom. The average molecular weight is 354 g/mol. The number of benzene rings is 1. The van der Waals surface area contributed by atoms with E-state index in [1.54, 1.807) is 18.2 Å². The maximum atomic E-state index is 11.4. The molecule has 1 saturated heterocycles.